The Morgan fingerprint density at radius 1 is 0.800 bits per heavy atom. The number of para-hydroxylation sites is 1. The van der Waals surface area contributed by atoms with E-state index in [0.717, 1.165) is 0 Å². The minimum absolute atomic E-state index is 0.209. The maximum absolute atomic E-state index is 14.0. The van der Waals surface area contributed by atoms with Gasteiger partial charge in [0, 0.05) is 22.2 Å². The van der Waals surface area contributed by atoms with Crippen LogP contribution in [0.5, 0.6) is 0 Å². The van der Waals surface area contributed by atoms with E-state index in [1.165, 1.54) is 12.1 Å². The molecular formula is C22H14F5NOS. The van der Waals surface area contributed by atoms with E-state index in [1.54, 1.807) is 55.5 Å². The summed E-state index contributed by atoms with van der Waals surface area (Å²) in [5, 5.41) is 2.92. The summed E-state index contributed by atoms with van der Waals surface area (Å²) < 4.78 is 68.3. The van der Waals surface area contributed by atoms with Gasteiger partial charge >= 0.3 is 0 Å². The molecule has 0 heterocycles. The van der Waals surface area contributed by atoms with Crippen LogP contribution < -0.4 is 5.32 Å². The van der Waals surface area contributed by atoms with Gasteiger partial charge < -0.3 is 5.32 Å². The van der Waals surface area contributed by atoms with Gasteiger partial charge in [-0.05, 0) is 19.1 Å². The van der Waals surface area contributed by atoms with Gasteiger partial charge in [-0.2, -0.15) is 0 Å². The zero-order chi connectivity index (χ0) is 21.8. The van der Waals surface area contributed by atoms with Crippen molar-refractivity contribution < 1.29 is 26.7 Å². The Morgan fingerprint density at radius 2 is 1.33 bits per heavy atom. The van der Waals surface area contributed by atoms with Crippen molar-refractivity contribution in [3.05, 3.63) is 101 Å². The molecule has 0 saturated carbocycles. The lowest BCUT2D eigenvalue weighted by Crippen LogP contribution is -2.04. The lowest BCUT2D eigenvalue weighted by molar-refractivity contribution is 0.104. The van der Waals surface area contributed by atoms with E-state index in [-0.39, 0.29) is 10.7 Å². The second-order valence-corrected chi connectivity index (χ2v) is 7.23. The minimum atomic E-state index is -2.21. The van der Waals surface area contributed by atoms with Gasteiger partial charge in [0.1, 0.15) is 0 Å². The SMILES string of the molecule is C/C(=C/C(=O)c1ccccc1)Nc1ccccc1Sc1c(F)c(F)c(F)c(F)c1F. The van der Waals surface area contributed by atoms with Gasteiger partial charge in [-0.15, -0.1) is 0 Å². The fourth-order valence-corrected chi connectivity index (χ4v) is 3.53. The van der Waals surface area contributed by atoms with E-state index in [9.17, 15) is 26.7 Å². The van der Waals surface area contributed by atoms with Crippen molar-refractivity contribution >= 4 is 23.2 Å². The van der Waals surface area contributed by atoms with Crippen LogP contribution in [-0.2, 0) is 0 Å². The quantitative estimate of drug-likeness (QED) is 0.153. The Balaban J connectivity index is 1.89. The first-order valence-electron chi connectivity index (χ1n) is 8.62. The minimum Gasteiger partial charge on any atom is -0.358 e. The number of rotatable bonds is 6. The second-order valence-electron chi connectivity index (χ2n) is 6.18. The van der Waals surface area contributed by atoms with Gasteiger partial charge in [0.25, 0.3) is 0 Å². The maximum atomic E-state index is 14.0. The van der Waals surface area contributed by atoms with Gasteiger partial charge in [-0.3, -0.25) is 4.79 Å². The van der Waals surface area contributed by atoms with E-state index in [0.29, 0.717) is 28.7 Å². The van der Waals surface area contributed by atoms with Crippen LogP contribution in [0.15, 0.2) is 76.2 Å². The average molecular weight is 435 g/mol. The molecule has 3 rings (SSSR count). The van der Waals surface area contributed by atoms with E-state index in [2.05, 4.69) is 5.32 Å². The van der Waals surface area contributed by atoms with Crippen LogP contribution in [0.3, 0.4) is 0 Å². The highest BCUT2D eigenvalue weighted by Crippen LogP contribution is 2.39. The molecule has 0 unspecified atom stereocenters. The Kier molecular flexibility index (Phi) is 6.56. The van der Waals surface area contributed by atoms with E-state index in [4.69, 9.17) is 0 Å². The molecule has 30 heavy (non-hydrogen) atoms. The number of anilines is 1. The van der Waals surface area contributed by atoms with Crippen molar-refractivity contribution in [2.45, 2.75) is 16.7 Å². The summed E-state index contributed by atoms with van der Waals surface area (Å²) >= 11 is 0.390. The molecule has 0 aliphatic rings. The third-order valence-corrected chi connectivity index (χ3v) is 5.14. The molecule has 0 aliphatic carbocycles. The van der Waals surface area contributed by atoms with Gasteiger partial charge in [0.05, 0.1) is 10.6 Å². The number of nitrogens with one attached hydrogen (secondary N) is 1. The third-order valence-electron chi connectivity index (χ3n) is 4.01. The molecule has 0 spiro atoms. The zero-order valence-electron chi connectivity index (χ0n) is 15.5. The molecule has 1 N–H and O–H groups in total. The molecule has 2 nitrogen and oxygen atoms in total. The molecule has 0 aromatic heterocycles. The van der Waals surface area contributed by atoms with Crippen LogP contribution >= 0.6 is 11.8 Å². The summed E-state index contributed by atoms with van der Waals surface area (Å²) in [6.07, 6.45) is 1.34. The molecule has 3 aromatic rings. The topological polar surface area (TPSA) is 29.1 Å². The normalized spacial score (nSPS) is 11.5. The molecular weight excluding hydrogens is 421 g/mol. The van der Waals surface area contributed by atoms with E-state index < -0.39 is 34.0 Å². The number of halogens is 5. The first kappa shape index (κ1) is 21.6. The van der Waals surface area contributed by atoms with Crippen molar-refractivity contribution in [3.63, 3.8) is 0 Å². The monoisotopic (exact) mass is 435 g/mol. The van der Waals surface area contributed by atoms with E-state index >= 15 is 0 Å². The lowest BCUT2D eigenvalue weighted by atomic mass is 10.1. The number of benzene rings is 3. The van der Waals surface area contributed by atoms with Gasteiger partial charge in [0.15, 0.2) is 29.1 Å². The molecule has 154 valence electrons. The highest BCUT2D eigenvalue weighted by Gasteiger charge is 2.26. The van der Waals surface area contributed by atoms with Crippen molar-refractivity contribution in [1.82, 2.24) is 0 Å². The predicted octanol–water partition coefficient (Wildman–Crippen LogP) is 6.73. The van der Waals surface area contributed by atoms with Crippen molar-refractivity contribution in [3.8, 4) is 0 Å². The second kappa shape index (κ2) is 9.13. The van der Waals surface area contributed by atoms with Gasteiger partial charge in [0.2, 0.25) is 5.82 Å². The predicted molar refractivity (Wildman–Crippen MR) is 105 cm³/mol. The molecule has 0 radical (unpaired) electrons. The van der Waals surface area contributed by atoms with Gasteiger partial charge in [-0.1, -0.05) is 54.2 Å². The summed E-state index contributed by atoms with van der Waals surface area (Å²) in [5.74, 6) is -10.3. The molecule has 0 aliphatic heterocycles. The highest BCUT2D eigenvalue weighted by atomic mass is 32.2. The summed E-state index contributed by atoms with van der Waals surface area (Å²) in [6.45, 7) is 1.61. The smallest absolute Gasteiger partial charge is 0.200 e. The number of hydrogen-bond donors (Lipinski definition) is 1. The molecule has 0 atom stereocenters. The maximum Gasteiger partial charge on any atom is 0.200 e. The Morgan fingerprint density at radius 3 is 1.97 bits per heavy atom. The van der Waals surface area contributed by atoms with Crippen LogP contribution in [0.25, 0.3) is 0 Å². The fraction of sp³-hybridized carbons (Fsp3) is 0.0455. The molecule has 0 fully saturated rings. The average Bonchev–Trinajstić information content (AvgIpc) is 2.75. The van der Waals surface area contributed by atoms with Crippen molar-refractivity contribution in [1.29, 1.82) is 0 Å². The zero-order valence-corrected chi connectivity index (χ0v) is 16.3. The van der Waals surface area contributed by atoms with Crippen LogP contribution in [-0.4, -0.2) is 5.78 Å². The summed E-state index contributed by atoms with van der Waals surface area (Å²) in [4.78, 5) is 11.5. The van der Waals surface area contributed by atoms with Crippen LogP contribution in [0.4, 0.5) is 27.6 Å². The largest absolute Gasteiger partial charge is 0.358 e. The van der Waals surface area contributed by atoms with Crippen LogP contribution in [0, 0.1) is 29.1 Å². The Hall–Kier alpha value is -3.13. The van der Waals surface area contributed by atoms with Crippen molar-refractivity contribution in [2.75, 3.05) is 5.32 Å². The summed E-state index contributed by atoms with van der Waals surface area (Å²) in [5.41, 5.74) is 1.23. The number of carbonyl (C=O) groups is 1. The number of carbonyl (C=O) groups excluding carboxylic acids is 1. The number of ketones is 1. The number of allylic oxidation sites excluding steroid dienone is 2. The fourth-order valence-electron chi connectivity index (χ4n) is 2.57. The molecule has 0 saturated heterocycles. The molecule has 3 aromatic carbocycles. The highest BCUT2D eigenvalue weighted by molar-refractivity contribution is 7.99. The number of hydrogen-bond acceptors (Lipinski definition) is 3. The van der Waals surface area contributed by atoms with Crippen LogP contribution in [0.1, 0.15) is 17.3 Å². The summed E-state index contributed by atoms with van der Waals surface area (Å²) in [6, 6.07) is 14.7. The molecule has 0 bridgehead atoms. The first-order chi connectivity index (χ1) is 14.3. The van der Waals surface area contributed by atoms with Gasteiger partial charge in [-0.25, -0.2) is 22.0 Å². The third kappa shape index (κ3) is 4.54. The lowest BCUT2D eigenvalue weighted by Gasteiger charge is -2.13. The first-order valence-corrected chi connectivity index (χ1v) is 9.44. The molecule has 0 amide bonds. The van der Waals surface area contributed by atoms with Crippen molar-refractivity contribution in [2.24, 2.45) is 0 Å². The Labute approximate surface area is 173 Å². The molecule has 8 heteroatoms. The summed E-state index contributed by atoms with van der Waals surface area (Å²) in [7, 11) is 0. The standard InChI is InChI=1S/C22H14F5NOS/c1-12(11-15(29)13-7-3-2-4-8-13)28-14-9-5-6-10-16(14)30-22-20(26)18(24)17(23)19(25)21(22)27/h2-11,28H,1H3/b12-11-. The Bertz CT molecular complexity index is 1100. The van der Waals surface area contributed by atoms with Crippen LogP contribution in [0.2, 0.25) is 0 Å². The van der Waals surface area contributed by atoms with E-state index in [1.807, 2.05) is 0 Å².